The van der Waals surface area contributed by atoms with E-state index in [0.717, 1.165) is 25.3 Å². The number of likely N-dealkylation sites (N-methyl/N-ethyl adjacent to an activating group) is 2. The molecule has 136 valence electrons. The van der Waals surface area contributed by atoms with Crippen molar-refractivity contribution in [3.63, 3.8) is 0 Å². The molecule has 0 aliphatic heterocycles. The van der Waals surface area contributed by atoms with Crippen molar-refractivity contribution in [2.24, 2.45) is 0 Å². The van der Waals surface area contributed by atoms with Crippen LogP contribution in [-0.2, 0) is 6.54 Å². The third kappa shape index (κ3) is 8.16. The molecule has 1 atom stereocenters. The standard InChI is InChI=1S/C21H30N2O2/c1-22(14-9-15-25-21-12-7-4-8-13-21)17-20(24)18-23(2)16-19-10-5-3-6-11-19/h3-8,10-13,20,24H,9,14-18H2,1-2H3. The highest BCUT2D eigenvalue weighted by atomic mass is 16.5. The predicted octanol–water partition coefficient (Wildman–Crippen LogP) is 2.88. The van der Waals surface area contributed by atoms with Crippen molar-refractivity contribution in [1.29, 1.82) is 0 Å². The molecule has 0 heterocycles. The van der Waals surface area contributed by atoms with Crippen LogP contribution in [0.2, 0.25) is 0 Å². The number of aliphatic hydroxyl groups is 1. The van der Waals surface area contributed by atoms with Crippen LogP contribution in [-0.4, -0.2) is 61.3 Å². The Morgan fingerprint density at radius 2 is 1.48 bits per heavy atom. The molecule has 0 spiro atoms. The number of rotatable bonds is 11. The molecule has 0 amide bonds. The van der Waals surface area contributed by atoms with E-state index in [9.17, 15) is 5.11 Å². The number of aliphatic hydroxyl groups excluding tert-OH is 1. The molecule has 0 aliphatic rings. The summed E-state index contributed by atoms with van der Waals surface area (Å²) >= 11 is 0. The number of nitrogens with zero attached hydrogens (tertiary/aromatic N) is 2. The molecule has 25 heavy (non-hydrogen) atoms. The smallest absolute Gasteiger partial charge is 0.119 e. The van der Waals surface area contributed by atoms with Crippen LogP contribution in [0.15, 0.2) is 60.7 Å². The molecule has 0 saturated carbocycles. The summed E-state index contributed by atoms with van der Waals surface area (Å²) in [6.45, 7) is 3.79. The Kier molecular flexibility index (Phi) is 8.46. The second kappa shape index (κ2) is 10.9. The first-order chi connectivity index (χ1) is 12.1. The number of hydrogen-bond donors (Lipinski definition) is 1. The molecule has 0 saturated heterocycles. The first kappa shape index (κ1) is 19.4. The summed E-state index contributed by atoms with van der Waals surface area (Å²) in [6.07, 6.45) is 0.589. The highest BCUT2D eigenvalue weighted by Gasteiger charge is 2.11. The van der Waals surface area contributed by atoms with Crippen LogP contribution in [0, 0.1) is 0 Å². The lowest BCUT2D eigenvalue weighted by atomic mass is 10.2. The maximum Gasteiger partial charge on any atom is 0.119 e. The molecule has 2 rings (SSSR count). The quantitative estimate of drug-likeness (QED) is 0.637. The van der Waals surface area contributed by atoms with Crippen molar-refractivity contribution in [1.82, 2.24) is 9.80 Å². The Morgan fingerprint density at radius 1 is 0.880 bits per heavy atom. The molecule has 4 heteroatoms. The highest BCUT2D eigenvalue weighted by Crippen LogP contribution is 2.08. The molecule has 0 aliphatic carbocycles. The molecule has 4 nitrogen and oxygen atoms in total. The molecule has 1 unspecified atom stereocenters. The SMILES string of the molecule is CN(CCCOc1ccccc1)CC(O)CN(C)Cc1ccccc1. The molecule has 2 aromatic carbocycles. The van der Waals surface area contributed by atoms with Gasteiger partial charge in [-0.05, 0) is 38.2 Å². The van der Waals surface area contributed by atoms with Gasteiger partial charge in [-0.15, -0.1) is 0 Å². The summed E-state index contributed by atoms with van der Waals surface area (Å²) < 4.78 is 5.69. The van der Waals surface area contributed by atoms with Gasteiger partial charge in [-0.2, -0.15) is 0 Å². The van der Waals surface area contributed by atoms with Crippen LogP contribution in [0.25, 0.3) is 0 Å². The number of benzene rings is 2. The summed E-state index contributed by atoms with van der Waals surface area (Å²) in [5.41, 5.74) is 1.27. The highest BCUT2D eigenvalue weighted by molar-refractivity contribution is 5.20. The Morgan fingerprint density at radius 3 is 2.16 bits per heavy atom. The van der Waals surface area contributed by atoms with E-state index in [1.807, 2.05) is 62.6 Å². The van der Waals surface area contributed by atoms with Crippen molar-refractivity contribution in [2.45, 2.75) is 19.1 Å². The molecule has 0 aromatic heterocycles. The van der Waals surface area contributed by atoms with E-state index in [1.54, 1.807) is 0 Å². The van der Waals surface area contributed by atoms with Gasteiger partial charge in [0.05, 0.1) is 12.7 Å². The zero-order chi connectivity index (χ0) is 17.9. The van der Waals surface area contributed by atoms with Gasteiger partial charge in [-0.3, -0.25) is 4.90 Å². The largest absolute Gasteiger partial charge is 0.494 e. The van der Waals surface area contributed by atoms with Crippen LogP contribution < -0.4 is 4.74 Å². The Labute approximate surface area is 151 Å². The lowest BCUT2D eigenvalue weighted by Crippen LogP contribution is -2.37. The number of ether oxygens (including phenoxy) is 1. The summed E-state index contributed by atoms with van der Waals surface area (Å²) in [6, 6.07) is 20.2. The fourth-order valence-corrected chi connectivity index (χ4v) is 2.87. The van der Waals surface area contributed by atoms with E-state index < -0.39 is 0 Å². The van der Waals surface area contributed by atoms with Gasteiger partial charge in [0.1, 0.15) is 5.75 Å². The van der Waals surface area contributed by atoms with Gasteiger partial charge in [0.15, 0.2) is 0 Å². The zero-order valence-corrected chi connectivity index (χ0v) is 15.3. The van der Waals surface area contributed by atoms with Crippen LogP contribution in [0.4, 0.5) is 0 Å². The van der Waals surface area contributed by atoms with Crippen molar-refractivity contribution >= 4 is 0 Å². The average Bonchev–Trinajstić information content (AvgIpc) is 2.60. The number of para-hydroxylation sites is 1. The normalized spacial score (nSPS) is 12.5. The van der Waals surface area contributed by atoms with Gasteiger partial charge < -0.3 is 14.7 Å². The molecular formula is C21H30N2O2. The van der Waals surface area contributed by atoms with E-state index in [1.165, 1.54) is 5.56 Å². The van der Waals surface area contributed by atoms with Crippen molar-refractivity contribution in [3.05, 3.63) is 66.2 Å². The average molecular weight is 342 g/mol. The maximum absolute atomic E-state index is 10.3. The van der Waals surface area contributed by atoms with Crippen LogP contribution >= 0.6 is 0 Å². The van der Waals surface area contributed by atoms with E-state index in [-0.39, 0.29) is 6.10 Å². The monoisotopic (exact) mass is 342 g/mol. The van der Waals surface area contributed by atoms with Gasteiger partial charge in [0.2, 0.25) is 0 Å². The topological polar surface area (TPSA) is 35.9 Å². The van der Waals surface area contributed by atoms with E-state index in [0.29, 0.717) is 19.7 Å². The fourth-order valence-electron chi connectivity index (χ4n) is 2.87. The van der Waals surface area contributed by atoms with E-state index in [4.69, 9.17) is 4.74 Å². The lowest BCUT2D eigenvalue weighted by Gasteiger charge is -2.24. The molecular weight excluding hydrogens is 312 g/mol. The second-order valence-corrected chi connectivity index (χ2v) is 6.61. The Balaban J connectivity index is 1.58. The molecule has 0 bridgehead atoms. The van der Waals surface area contributed by atoms with Gasteiger partial charge in [-0.25, -0.2) is 0 Å². The third-order valence-electron chi connectivity index (χ3n) is 4.04. The van der Waals surface area contributed by atoms with E-state index in [2.05, 4.69) is 21.9 Å². The van der Waals surface area contributed by atoms with Gasteiger partial charge >= 0.3 is 0 Å². The third-order valence-corrected chi connectivity index (χ3v) is 4.04. The summed E-state index contributed by atoms with van der Waals surface area (Å²) in [5.74, 6) is 0.910. The van der Waals surface area contributed by atoms with Crippen molar-refractivity contribution in [3.8, 4) is 5.75 Å². The minimum atomic E-state index is -0.353. The zero-order valence-electron chi connectivity index (χ0n) is 15.3. The fraction of sp³-hybridized carbons (Fsp3) is 0.429. The summed E-state index contributed by atoms with van der Waals surface area (Å²) in [4.78, 5) is 4.32. The van der Waals surface area contributed by atoms with Crippen molar-refractivity contribution in [2.75, 3.05) is 40.3 Å². The first-order valence-electron chi connectivity index (χ1n) is 8.90. The van der Waals surface area contributed by atoms with Gasteiger partial charge in [-0.1, -0.05) is 48.5 Å². The van der Waals surface area contributed by atoms with Gasteiger partial charge in [0.25, 0.3) is 0 Å². The van der Waals surface area contributed by atoms with Gasteiger partial charge in [0, 0.05) is 26.2 Å². The van der Waals surface area contributed by atoms with Crippen LogP contribution in [0.5, 0.6) is 5.75 Å². The minimum absolute atomic E-state index is 0.353. The molecule has 1 N–H and O–H groups in total. The molecule has 0 fully saturated rings. The van der Waals surface area contributed by atoms with Crippen LogP contribution in [0.3, 0.4) is 0 Å². The van der Waals surface area contributed by atoms with E-state index >= 15 is 0 Å². The Bertz CT molecular complexity index is 577. The predicted molar refractivity (Wildman–Crippen MR) is 103 cm³/mol. The number of hydrogen-bond acceptors (Lipinski definition) is 4. The maximum atomic E-state index is 10.3. The molecule has 0 radical (unpaired) electrons. The second-order valence-electron chi connectivity index (χ2n) is 6.61. The first-order valence-corrected chi connectivity index (χ1v) is 8.90. The summed E-state index contributed by atoms with van der Waals surface area (Å²) in [5, 5.41) is 10.3. The lowest BCUT2D eigenvalue weighted by molar-refractivity contribution is 0.0870. The van der Waals surface area contributed by atoms with Crippen molar-refractivity contribution < 1.29 is 9.84 Å². The minimum Gasteiger partial charge on any atom is -0.494 e. The Hall–Kier alpha value is -1.88. The van der Waals surface area contributed by atoms with Crippen LogP contribution in [0.1, 0.15) is 12.0 Å². The molecule has 2 aromatic rings. The summed E-state index contributed by atoms with van der Waals surface area (Å²) in [7, 11) is 4.09.